The maximum atomic E-state index is 12.8. The predicted octanol–water partition coefficient (Wildman–Crippen LogP) is 15.6. The molecule has 0 rings (SSSR count). The molecule has 0 saturated carbocycles. The number of hydrogen-bond acceptors (Lipinski definition) is 7. The SMILES string of the molecule is CCCCC/C=C\C/C=C\CCCCCCCC(=O)OC(COC(=O)CCCCCCCCCCCCCCCCCCCCCCCCCCC)COC(OCC[N+](C)(C)C)C(=O)O. The van der Waals surface area contributed by atoms with E-state index in [1.807, 2.05) is 21.1 Å². The predicted molar refractivity (Wildman–Crippen MR) is 272 cm³/mol. The van der Waals surface area contributed by atoms with Crippen LogP contribution in [0, 0.1) is 0 Å². The molecule has 65 heavy (non-hydrogen) atoms. The van der Waals surface area contributed by atoms with Crippen LogP contribution in [-0.4, -0.2) is 87.4 Å². The molecule has 9 heteroatoms. The number of esters is 2. The monoisotopic (exact) mass is 921 g/mol. The lowest BCUT2D eigenvalue weighted by molar-refractivity contribution is -0.870. The number of carbonyl (C=O) groups is 3. The molecule has 0 spiro atoms. The molecule has 0 aliphatic rings. The number of carboxylic acids is 1. The van der Waals surface area contributed by atoms with Crippen LogP contribution in [0.1, 0.15) is 258 Å². The summed E-state index contributed by atoms with van der Waals surface area (Å²) >= 11 is 0. The molecule has 0 aliphatic carbocycles. The van der Waals surface area contributed by atoms with Crippen LogP contribution < -0.4 is 0 Å². The fourth-order valence-corrected chi connectivity index (χ4v) is 7.93. The van der Waals surface area contributed by atoms with Gasteiger partial charge in [0.15, 0.2) is 6.10 Å². The van der Waals surface area contributed by atoms with Gasteiger partial charge in [-0.15, -0.1) is 0 Å². The molecule has 0 amide bonds. The molecule has 0 fully saturated rings. The van der Waals surface area contributed by atoms with Crippen LogP contribution in [0.4, 0.5) is 0 Å². The average molecular weight is 921 g/mol. The standard InChI is InChI=1S/C56H105NO8/c1-6-8-10-12-14-16-18-20-22-23-24-25-26-27-28-29-30-31-33-34-36-38-40-42-44-46-53(58)63-50-52(51-64-56(55(60)61)62-49-48-57(3,4)5)65-54(59)47-45-43-41-39-37-35-32-21-19-17-15-13-11-9-7-2/h15,17,21,32,52,56H,6-14,16,18-20,22-31,33-51H2,1-5H3/p+1/b17-15-,32-21-. The van der Waals surface area contributed by atoms with E-state index in [4.69, 9.17) is 18.9 Å². The van der Waals surface area contributed by atoms with Crippen LogP contribution in [0.25, 0.3) is 0 Å². The first-order valence-corrected chi connectivity index (χ1v) is 27.5. The van der Waals surface area contributed by atoms with Gasteiger partial charge < -0.3 is 28.5 Å². The number of aliphatic carboxylic acids is 1. The maximum absolute atomic E-state index is 12.8. The first-order valence-electron chi connectivity index (χ1n) is 27.5. The summed E-state index contributed by atoms with van der Waals surface area (Å²) in [5.41, 5.74) is 0. The second kappa shape index (κ2) is 48.2. The van der Waals surface area contributed by atoms with Gasteiger partial charge in [-0.25, -0.2) is 4.79 Å². The lowest BCUT2D eigenvalue weighted by Gasteiger charge is -2.25. The van der Waals surface area contributed by atoms with E-state index in [-0.39, 0.29) is 32.2 Å². The van der Waals surface area contributed by atoms with E-state index >= 15 is 0 Å². The Morgan fingerprint density at radius 3 is 1.25 bits per heavy atom. The second-order valence-corrected chi connectivity index (χ2v) is 19.9. The van der Waals surface area contributed by atoms with Crippen LogP contribution in [0.15, 0.2) is 24.3 Å². The van der Waals surface area contributed by atoms with Gasteiger partial charge in [-0.05, 0) is 44.9 Å². The minimum atomic E-state index is -1.51. The molecule has 0 bridgehead atoms. The average Bonchev–Trinajstić information content (AvgIpc) is 3.27. The number of carboxylic acid groups (broad SMARTS) is 1. The second-order valence-electron chi connectivity index (χ2n) is 19.9. The van der Waals surface area contributed by atoms with Gasteiger partial charge in [-0.3, -0.25) is 9.59 Å². The first kappa shape index (κ1) is 62.8. The topological polar surface area (TPSA) is 108 Å². The van der Waals surface area contributed by atoms with E-state index in [0.717, 1.165) is 57.8 Å². The maximum Gasteiger partial charge on any atom is 0.361 e. The normalized spacial score (nSPS) is 12.9. The lowest BCUT2D eigenvalue weighted by Crippen LogP contribution is -2.40. The fourth-order valence-electron chi connectivity index (χ4n) is 7.93. The molecule has 0 aromatic heterocycles. The number of hydrogen-bond donors (Lipinski definition) is 1. The summed E-state index contributed by atoms with van der Waals surface area (Å²) in [5.74, 6) is -2.01. The van der Waals surface area contributed by atoms with Gasteiger partial charge >= 0.3 is 17.9 Å². The van der Waals surface area contributed by atoms with Crippen molar-refractivity contribution < 1.29 is 42.9 Å². The highest BCUT2D eigenvalue weighted by Gasteiger charge is 2.25. The Hall–Kier alpha value is -2.23. The Morgan fingerprint density at radius 1 is 0.462 bits per heavy atom. The Labute approximate surface area is 401 Å². The van der Waals surface area contributed by atoms with E-state index in [1.165, 1.54) is 167 Å². The molecule has 382 valence electrons. The zero-order valence-electron chi connectivity index (χ0n) is 43.4. The molecule has 0 heterocycles. The first-order chi connectivity index (χ1) is 31.6. The smallest absolute Gasteiger partial charge is 0.361 e. The zero-order valence-corrected chi connectivity index (χ0v) is 43.4. The Balaban J connectivity index is 4.20. The quantitative estimate of drug-likeness (QED) is 0.0211. The van der Waals surface area contributed by atoms with Crippen molar-refractivity contribution in [2.45, 2.75) is 270 Å². The number of carbonyl (C=O) groups excluding carboxylic acids is 2. The van der Waals surface area contributed by atoms with Crippen molar-refractivity contribution >= 4 is 17.9 Å². The van der Waals surface area contributed by atoms with Gasteiger partial charge in [0.25, 0.3) is 6.29 Å². The summed E-state index contributed by atoms with van der Waals surface area (Å²) in [4.78, 5) is 37.3. The molecule has 1 N–H and O–H groups in total. The highest BCUT2D eigenvalue weighted by molar-refractivity contribution is 5.71. The number of unbranched alkanes of at least 4 members (excludes halogenated alkanes) is 32. The van der Waals surface area contributed by atoms with Crippen molar-refractivity contribution in [3.63, 3.8) is 0 Å². The Morgan fingerprint density at radius 2 is 0.831 bits per heavy atom. The summed E-state index contributed by atoms with van der Waals surface area (Å²) in [6, 6.07) is 0. The molecular weight excluding hydrogens is 815 g/mol. The van der Waals surface area contributed by atoms with Crippen molar-refractivity contribution in [3.8, 4) is 0 Å². The molecular formula is C56H106NO8+. The van der Waals surface area contributed by atoms with Gasteiger partial charge in [0, 0.05) is 12.8 Å². The molecule has 2 unspecified atom stereocenters. The van der Waals surface area contributed by atoms with Gasteiger partial charge in [-0.1, -0.05) is 224 Å². The third-order valence-electron chi connectivity index (χ3n) is 12.2. The third kappa shape index (κ3) is 49.5. The van der Waals surface area contributed by atoms with E-state index in [2.05, 4.69) is 38.2 Å². The largest absolute Gasteiger partial charge is 0.477 e. The van der Waals surface area contributed by atoms with Crippen LogP contribution in [0.3, 0.4) is 0 Å². The molecule has 9 nitrogen and oxygen atoms in total. The van der Waals surface area contributed by atoms with Crippen LogP contribution in [0.5, 0.6) is 0 Å². The summed E-state index contributed by atoms with van der Waals surface area (Å²) < 4.78 is 22.8. The molecule has 0 radical (unpaired) electrons. The van der Waals surface area contributed by atoms with E-state index in [1.54, 1.807) is 0 Å². The highest BCUT2D eigenvalue weighted by Crippen LogP contribution is 2.17. The summed E-state index contributed by atoms with van der Waals surface area (Å²) in [6.45, 7) is 4.87. The van der Waals surface area contributed by atoms with Crippen molar-refractivity contribution in [2.75, 3.05) is 47.5 Å². The highest BCUT2D eigenvalue weighted by atomic mass is 16.7. The van der Waals surface area contributed by atoms with E-state index < -0.39 is 24.3 Å². The van der Waals surface area contributed by atoms with E-state index in [0.29, 0.717) is 23.9 Å². The fraction of sp³-hybridized carbons (Fsp3) is 0.875. The van der Waals surface area contributed by atoms with Gasteiger partial charge in [0.05, 0.1) is 34.4 Å². The zero-order chi connectivity index (χ0) is 47.7. The van der Waals surface area contributed by atoms with Gasteiger partial charge in [0.1, 0.15) is 13.2 Å². The summed E-state index contributed by atoms with van der Waals surface area (Å²) in [7, 11) is 5.96. The van der Waals surface area contributed by atoms with Crippen molar-refractivity contribution in [2.24, 2.45) is 0 Å². The number of likely N-dealkylation sites (N-methyl/N-ethyl adjacent to an activating group) is 1. The molecule has 0 aliphatic heterocycles. The number of quaternary nitrogens is 1. The molecule has 0 saturated heterocycles. The summed E-state index contributed by atoms with van der Waals surface area (Å²) in [5, 5.41) is 9.67. The number of nitrogens with zero attached hydrogens (tertiary/aromatic N) is 1. The minimum Gasteiger partial charge on any atom is -0.477 e. The number of ether oxygens (including phenoxy) is 4. The van der Waals surface area contributed by atoms with Crippen molar-refractivity contribution in [1.82, 2.24) is 0 Å². The Kier molecular flexibility index (Phi) is 46.6. The lowest BCUT2D eigenvalue weighted by atomic mass is 10.0. The Bertz CT molecular complexity index is 1120. The molecule has 0 aromatic rings. The van der Waals surface area contributed by atoms with Crippen LogP contribution in [0.2, 0.25) is 0 Å². The van der Waals surface area contributed by atoms with Crippen molar-refractivity contribution in [3.05, 3.63) is 24.3 Å². The van der Waals surface area contributed by atoms with E-state index in [9.17, 15) is 19.5 Å². The molecule has 2 atom stereocenters. The van der Waals surface area contributed by atoms with Gasteiger partial charge in [0.2, 0.25) is 0 Å². The van der Waals surface area contributed by atoms with Crippen LogP contribution in [-0.2, 0) is 33.3 Å². The molecule has 0 aromatic carbocycles. The minimum absolute atomic E-state index is 0.183. The number of allylic oxidation sites excluding steroid dienone is 4. The summed E-state index contributed by atoms with van der Waals surface area (Å²) in [6.07, 6.45) is 52.6. The van der Waals surface area contributed by atoms with Crippen molar-refractivity contribution in [1.29, 1.82) is 0 Å². The van der Waals surface area contributed by atoms with Crippen LogP contribution >= 0.6 is 0 Å². The van der Waals surface area contributed by atoms with Gasteiger partial charge in [-0.2, -0.15) is 0 Å². The number of rotatable bonds is 51. The third-order valence-corrected chi connectivity index (χ3v) is 12.2.